The van der Waals surface area contributed by atoms with Gasteiger partial charge < -0.3 is 9.88 Å². The molecule has 1 N–H and O–H groups in total. The Morgan fingerprint density at radius 2 is 1.74 bits per heavy atom. The van der Waals surface area contributed by atoms with Crippen LogP contribution in [0.25, 0.3) is 21.8 Å². The first kappa shape index (κ1) is 22.6. The van der Waals surface area contributed by atoms with Crippen molar-refractivity contribution in [3.8, 4) is 0 Å². The maximum Gasteiger partial charge on any atom is 0.243 e. The van der Waals surface area contributed by atoms with E-state index in [0.29, 0.717) is 19.4 Å². The molecule has 6 nitrogen and oxygen atoms in total. The van der Waals surface area contributed by atoms with Crippen molar-refractivity contribution in [3.05, 3.63) is 72.3 Å². The molecule has 0 unspecified atom stereocenters. The number of piperidine rings is 1. The summed E-state index contributed by atoms with van der Waals surface area (Å²) in [6.07, 6.45) is 1.33. The highest BCUT2D eigenvalue weighted by Gasteiger charge is 2.33. The average Bonchev–Trinajstić information content (AvgIpc) is 3.17. The molecule has 1 aliphatic heterocycles. The molecule has 3 aromatic carbocycles. The Morgan fingerprint density at radius 3 is 2.50 bits per heavy atom. The van der Waals surface area contributed by atoms with Crippen molar-refractivity contribution in [1.82, 2.24) is 8.87 Å². The molecule has 1 aliphatic rings. The molecule has 0 radical (unpaired) electrons. The molecule has 4 aromatic rings. The molecule has 1 aromatic heterocycles. The number of benzene rings is 3. The highest BCUT2D eigenvalue weighted by molar-refractivity contribution is 7.89. The van der Waals surface area contributed by atoms with Crippen LogP contribution in [0.3, 0.4) is 0 Å². The zero-order chi connectivity index (χ0) is 23.9. The molecule has 1 saturated heterocycles. The average molecular weight is 476 g/mol. The summed E-state index contributed by atoms with van der Waals surface area (Å²) < 4.78 is 30.0. The topological polar surface area (TPSA) is 71.4 Å². The minimum atomic E-state index is -3.62. The lowest BCUT2D eigenvalue weighted by Gasteiger charge is -2.31. The second-order valence-electron chi connectivity index (χ2n) is 9.00. The van der Waals surface area contributed by atoms with Crippen LogP contribution in [0.4, 0.5) is 5.69 Å². The number of para-hydroxylation sites is 1. The number of rotatable bonds is 5. The van der Waals surface area contributed by atoms with Crippen LogP contribution >= 0.6 is 0 Å². The summed E-state index contributed by atoms with van der Waals surface area (Å²) in [7, 11) is -3.62. The number of aryl methyl sites for hydroxylation is 2. The molecular weight excluding hydrogens is 446 g/mol. The number of fused-ring (bicyclic) bond motifs is 3. The number of aromatic nitrogens is 1. The van der Waals surface area contributed by atoms with Crippen molar-refractivity contribution >= 4 is 43.4 Å². The Morgan fingerprint density at radius 1 is 1.00 bits per heavy atom. The van der Waals surface area contributed by atoms with Crippen molar-refractivity contribution in [2.24, 2.45) is 5.92 Å². The molecule has 1 amide bonds. The molecular formula is C27H29N3O3S. The number of anilines is 1. The number of carbonyl (C=O) groups is 1. The lowest BCUT2D eigenvalue weighted by molar-refractivity contribution is -0.120. The Labute approximate surface area is 200 Å². The van der Waals surface area contributed by atoms with Crippen LogP contribution < -0.4 is 5.32 Å². The molecule has 2 heterocycles. The fourth-order valence-electron chi connectivity index (χ4n) is 4.95. The summed E-state index contributed by atoms with van der Waals surface area (Å²) in [4.78, 5) is 13.4. The Balaban J connectivity index is 1.37. The molecule has 0 spiro atoms. The fraction of sp³-hybridized carbons (Fsp3) is 0.296. The van der Waals surface area contributed by atoms with E-state index in [1.54, 1.807) is 24.3 Å². The first-order valence-electron chi connectivity index (χ1n) is 11.8. The van der Waals surface area contributed by atoms with E-state index in [-0.39, 0.29) is 23.3 Å². The molecule has 5 rings (SSSR count). The summed E-state index contributed by atoms with van der Waals surface area (Å²) in [5, 5.41) is 5.30. The molecule has 1 atom stereocenters. The molecule has 0 saturated carbocycles. The first-order chi connectivity index (χ1) is 16.4. The molecule has 0 aliphatic carbocycles. The normalized spacial score (nSPS) is 17.3. The largest absolute Gasteiger partial charge is 0.341 e. The second-order valence-corrected chi connectivity index (χ2v) is 10.9. The van der Waals surface area contributed by atoms with Crippen LogP contribution in [0.1, 0.15) is 25.3 Å². The predicted octanol–water partition coefficient (Wildman–Crippen LogP) is 5.16. The van der Waals surface area contributed by atoms with Crippen molar-refractivity contribution < 1.29 is 13.2 Å². The maximum atomic E-state index is 13.1. The van der Waals surface area contributed by atoms with Crippen molar-refractivity contribution in [2.75, 3.05) is 18.4 Å². The zero-order valence-corrected chi connectivity index (χ0v) is 20.3. The van der Waals surface area contributed by atoms with Crippen LogP contribution in [-0.4, -0.2) is 36.3 Å². The summed E-state index contributed by atoms with van der Waals surface area (Å²) in [5.41, 5.74) is 4.05. The fourth-order valence-corrected chi connectivity index (χ4v) is 6.47. The van der Waals surface area contributed by atoms with E-state index in [1.807, 2.05) is 37.3 Å². The molecule has 34 heavy (non-hydrogen) atoms. The third-order valence-electron chi connectivity index (χ3n) is 6.77. The van der Waals surface area contributed by atoms with Gasteiger partial charge in [-0.05, 0) is 63.1 Å². The van der Waals surface area contributed by atoms with Gasteiger partial charge in [-0.25, -0.2) is 8.42 Å². The van der Waals surface area contributed by atoms with E-state index >= 15 is 0 Å². The lowest BCUT2D eigenvalue weighted by Crippen LogP contribution is -2.43. The van der Waals surface area contributed by atoms with Crippen LogP contribution in [0, 0.1) is 12.8 Å². The SMILES string of the molecule is CCn1c2ccccc2c2cc(NC(=O)[C@H]3CCCN(S(=O)(=O)c4ccc(C)cc4)C3)ccc21. The van der Waals surface area contributed by atoms with Gasteiger partial charge in [0.2, 0.25) is 15.9 Å². The number of carbonyl (C=O) groups excluding carboxylic acids is 1. The molecule has 7 heteroatoms. The van der Waals surface area contributed by atoms with E-state index in [1.165, 1.54) is 9.82 Å². The maximum absolute atomic E-state index is 13.1. The Kier molecular flexibility index (Phi) is 5.91. The van der Waals surface area contributed by atoms with E-state index < -0.39 is 10.0 Å². The first-order valence-corrected chi connectivity index (χ1v) is 13.2. The monoisotopic (exact) mass is 475 g/mol. The Hall–Kier alpha value is -3.16. The number of hydrogen-bond donors (Lipinski definition) is 1. The predicted molar refractivity (Wildman–Crippen MR) is 136 cm³/mol. The third-order valence-corrected chi connectivity index (χ3v) is 8.65. The number of hydrogen-bond acceptors (Lipinski definition) is 3. The number of nitrogens with one attached hydrogen (secondary N) is 1. The Bertz CT molecular complexity index is 1470. The number of nitrogens with zero attached hydrogens (tertiary/aromatic N) is 2. The highest BCUT2D eigenvalue weighted by Crippen LogP contribution is 2.31. The van der Waals surface area contributed by atoms with Gasteiger partial charge in [0.15, 0.2) is 0 Å². The van der Waals surface area contributed by atoms with E-state index in [2.05, 4.69) is 28.9 Å². The zero-order valence-electron chi connectivity index (χ0n) is 19.5. The minimum absolute atomic E-state index is 0.137. The van der Waals surface area contributed by atoms with Gasteiger partial charge in [0.05, 0.1) is 10.8 Å². The third kappa shape index (κ3) is 3.99. The van der Waals surface area contributed by atoms with E-state index in [0.717, 1.165) is 34.1 Å². The summed E-state index contributed by atoms with van der Waals surface area (Å²) in [5.74, 6) is -0.524. The van der Waals surface area contributed by atoms with Gasteiger partial charge in [-0.1, -0.05) is 35.9 Å². The van der Waals surface area contributed by atoms with Gasteiger partial charge >= 0.3 is 0 Å². The van der Waals surface area contributed by atoms with Gasteiger partial charge in [0.1, 0.15) is 0 Å². The number of sulfonamides is 1. The summed E-state index contributed by atoms with van der Waals surface area (Å²) in [6, 6.07) is 21.1. The van der Waals surface area contributed by atoms with Crippen LogP contribution in [0.5, 0.6) is 0 Å². The molecule has 176 valence electrons. The molecule has 0 bridgehead atoms. The van der Waals surface area contributed by atoms with Gasteiger partial charge in [-0.3, -0.25) is 4.79 Å². The van der Waals surface area contributed by atoms with Crippen LogP contribution in [0.2, 0.25) is 0 Å². The second kappa shape index (κ2) is 8.89. The minimum Gasteiger partial charge on any atom is -0.341 e. The van der Waals surface area contributed by atoms with E-state index in [4.69, 9.17) is 0 Å². The van der Waals surface area contributed by atoms with Gasteiger partial charge in [0, 0.05) is 47.1 Å². The van der Waals surface area contributed by atoms with Crippen LogP contribution in [-0.2, 0) is 21.4 Å². The van der Waals surface area contributed by atoms with Crippen molar-refractivity contribution in [2.45, 2.75) is 38.1 Å². The van der Waals surface area contributed by atoms with Crippen molar-refractivity contribution in [3.63, 3.8) is 0 Å². The standard InChI is InChI=1S/C27H29N3O3S/c1-3-30-25-9-5-4-8-23(25)24-17-21(12-15-26(24)30)28-27(31)20-7-6-16-29(18-20)34(32,33)22-13-10-19(2)11-14-22/h4-5,8-15,17,20H,3,6-7,16,18H2,1-2H3,(H,28,31)/t20-/m0/s1. The van der Waals surface area contributed by atoms with Crippen molar-refractivity contribution in [1.29, 1.82) is 0 Å². The summed E-state index contributed by atoms with van der Waals surface area (Å²) in [6.45, 7) is 5.54. The van der Waals surface area contributed by atoms with Gasteiger partial charge in [-0.2, -0.15) is 4.31 Å². The van der Waals surface area contributed by atoms with Gasteiger partial charge in [-0.15, -0.1) is 0 Å². The lowest BCUT2D eigenvalue weighted by atomic mass is 9.98. The van der Waals surface area contributed by atoms with Gasteiger partial charge in [0.25, 0.3) is 0 Å². The number of amides is 1. The smallest absolute Gasteiger partial charge is 0.243 e. The highest BCUT2D eigenvalue weighted by atomic mass is 32.2. The van der Waals surface area contributed by atoms with E-state index in [9.17, 15) is 13.2 Å². The quantitative estimate of drug-likeness (QED) is 0.433. The molecule has 1 fully saturated rings. The summed E-state index contributed by atoms with van der Waals surface area (Å²) >= 11 is 0. The van der Waals surface area contributed by atoms with Crippen LogP contribution in [0.15, 0.2) is 71.6 Å².